The molecule has 1 aromatic carbocycles. The lowest BCUT2D eigenvalue weighted by Gasteiger charge is -2.30. The average molecular weight is 577 g/mol. The molecule has 1 atom stereocenters. The molecule has 3 rings (SSSR count). The standard InChI is InChI=1S/C33H47F3N2O3/c1-3-5-7-9-10-14-25-18-20-26(21-19-25)27-15-12-13-16-28(27)29-22-23-31(38-37-29)40-24-30(33(34,35)36)41-32(39)17-11-8-6-4-2/h12-13,15-16,22-23,25-26,30H,3-11,14,17-21,24H2,1-2H3. The molecule has 0 saturated heterocycles. The van der Waals surface area contributed by atoms with Crippen LogP contribution in [0.25, 0.3) is 11.3 Å². The second-order valence-corrected chi connectivity index (χ2v) is 11.4. The van der Waals surface area contributed by atoms with Crippen molar-refractivity contribution in [2.45, 2.75) is 128 Å². The Bertz CT molecular complexity index is 1020. The van der Waals surface area contributed by atoms with Gasteiger partial charge in [0.15, 0.2) is 0 Å². The van der Waals surface area contributed by atoms with E-state index in [1.807, 2.05) is 25.1 Å². The lowest BCUT2D eigenvalue weighted by Crippen LogP contribution is -2.38. The number of halogens is 3. The largest absolute Gasteiger partial charge is 0.472 e. The number of nitrogens with zero attached hydrogens (tertiary/aromatic N) is 2. The van der Waals surface area contributed by atoms with E-state index < -0.39 is 24.9 Å². The molecule has 1 unspecified atom stereocenters. The summed E-state index contributed by atoms with van der Waals surface area (Å²) in [4.78, 5) is 11.9. The van der Waals surface area contributed by atoms with Gasteiger partial charge in [0, 0.05) is 18.1 Å². The van der Waals surface area contributed by atoms with Gasteiger partial charge in [-0.05, 0) is 55.6 Å². The number of aromatic nitrogens is 2. The zero-order chi connectivity index (χ0) is 29.5. The van der Waals surface area contributed by atoms with Crippen LogP contribution in [0.5, 0.6) is 5.88 Å². The molecule has 228 valence electrons. The Labute approximate surface area is 243 Å². The van der Waals surface area contributed by atoms with Crippen molar-refractivity contribution in [3.8, 4) is 17.1 Å². The SMILES string of the molecule is CCCCCCCC1CCC(c2ccccc2-c2ccc(OCC(OC(=O)CCCCCC)C(F)(F)F)nn2)CC1. The summed E-state index contributed by atoms with van der Waals surface area (Å²) in [6.07, 6.45) is 8.83. The van der Waals surface area contributed by atoms with Crippen molar-refractivity contribution >= 4 is 5.97 Å². The van der Waals surface area contributed by atoms with Gasteiger partial charge in [-0.3, -0.25) is 4.79 Å². The molecule has 8 heteroatoms. The molecule has 0 radical (unpaired) electrons. The minimum atomic E-state index is -4.74. The quantitative estimate of drug-likeness (QED) is 0.139. The molecule has 41 heavy (non-hydrogen) atoms. The van der Waals surface area contributed by atoms with Gasteiger partial charge in [0.1, 0.15) is 6.61 Å². The zero-order valence-electron chi connectivity index (χ0n) is 24.8. The van der Waals surface area contributed by atoms with E-state index in [1.165, 1.54) is 63.0 Å². The van der Waals surface area contributed by atoms with Crippen molar-refractivity contribution in [1.29, 1.82) is 0 Å². The van der Waals surface area contributed by atoms with Gasteiger partial charge < -0.3 is 9.47 Å². The van der Waals surface area contributed by atoms with Crippen LogP contribution in [0.2, 0.25) is 0 Å². The maximum atomic E-state index is 13.5. The van der Waals surface area contributed by atoms with E-state index in [4.69, 9.17) is 9.47 Å². The first-order valence-corrected chi connectivity index (χ1v) is 15.6. The van der Waals surface area contributed by atoms with Gasteiger partial charge in [-0.15, -0.1) is 10.2 Å². The third-order valence-electron chi connectivity index (χ3n) is 8.14. The molecule has 0 aliphatic heterocycles. The normalized spacial score (nSPS) is 18.2. The minimum Gasteiger partial charge on any atom is -0.472 e. The molecule has 0 N–H and O–H groups in total. The van der Waals surface area contributed by atoms with Gasteiger partial charge in [-0.2, -0.15) is 13.2 Å². The highest BCUT2D eigenvalue weighted by Gasteiger charge is 2.43. The van der Waals surface area contributed by atoms with Crippen molar-refractivity contribution in [2.75, 3.05) is 6.61 Å². The molecule has 1 aliphatic rings. The predicted octanol–water partition coefficient (Wildman–Crippen LogP) is 9.60. The maximum Gasteiger partial charge on any atom is 0.428 e. The number of hydrogen-bond acceptors (Lipinski definition) is 5. The van der Waals surface area contributed by atoms with Gasteiger partial charge in [-0.1, -0.05) is 95.9 Å². The number of unbranched alkanes of at least 4 members (excludes halogenated alkanes) is 7. The molecule has 5 nitrogen and oxygen atoms in total. The second-order valence-electron chi connectivity index (χ2n) is 11.4. The first kappa shape index (κ1) is 32.9. The highest BCUT2D eigenvalue weighted by molar-refractivity contribution is 5.69. The number of carbonyl (C=O) groups excluding carboxylic acids is 1. The van der Waals surface area contributed by atoms with Crippen molar-refractivity contribution in [1.82, 2.24) is 10.2 Å². The summed E-state index contributed by atoms with van der Waals surface area (Å²) in [6.45, 7) is 3.40. The molecule has 1 saturated carbocycles. The highest BCUT2D eigenvalue weighted by atomic mass is 19.4. The van der Waals surface area contributed by atoms with Crippen LogP contribution < -0.4 is 4.74 Å². The van der Waals surface area contributed by atoms with E-state index in [-0.39, 0.29) is 12.3 Å². The fourth-order valence-electron chi connectivity index (χ4n) is 5.70. The number of alkyl halides is 3. The molecule has 0 bridgehead atoms. The Kier molecular flexibility index (Phi) is 13.9. The molecule has 0 amide bonds. The number of hydrogen-bond donors (Lipinski definition) is 0. The number of carbonyl (C=O) groups is 1. The summed E-state index contributed by atoms with van der Waals surface area (Å²) in [6, 6.07) is 11.4. The van der Waals surface area contributed by atoms with Crippen LogP contribution in [-0.4, -0.2) is 35.1 Å². The van der Waals surface area contributed by atoms with Gasteiger partial charge in [0.05, 0.1) is 5.69 Å². The van der Waals surface area contributed by atoms with Crippen LogP contribution in [0.15, 0.2) is 36.4 Å². The Hall–Kier alpha value is -2.64. The number of esters is 1. The molecule has 1 fully saturated rings. The van der Waals surface area contributed by atoms with E-state index in [0.29, 0.717) is 18.0 Å². The average Bonchev–Trinajstić information content (AvgIpc) is 2.97. The third kappa shape index (κ3) is 11.3. The first-order chi connectivity index (χ1) is 19.8. The molecule has 1 aromatic heterocycles. The third-order valence-corrected chi connectivity index (χ3v) is 8.14. The van der Waals surface area contributed by atoms with Crippen LogP contribution in [-0.2, 0) is 9.53 Å². The summed E-state index contributed by atoms with van der Waals surface area (Å²) in [5.41, 5.74) is 2.91. The Morgan fingerprint density at radius 1 is 0.878 bits per heavy atom. The molecule has 0 spiro atoms. The molecular weight excluding hydrogens is 529 g/mol. The van der Waals surface area contributed by atoms with E-state index in [1.54, 1.807) is 6.07 Å². The van der Waals surface area contributed by atoms with Crippen LogP contribution in [0.3, 0.4) is 0 Å². The summed E-state index contributed by atoms with van der Waals surface area (Å²) >= 11 is 0. The zero-order valence-corrected chi connectivity index (χ0v) is 24.8. The van der Waals surface area contributed by atoms with Crippen LogP contribution >= 0.6 is 0 Å². The topological polar surface area (TPSA) is 61.3 Å². The maximum absolute atomic E-state index is 13.5. The van der Waals surface area contributed by atoms with E-state index >= 15 is 0 Å². The fraction of sp³-hybridized carbons (Fsp3) is 0.667. The van der Waals surface area contributed by atoms with E-state index in [9.17, 15) is 18.0 Å². The number of ether oxygens (including phenoxy) is 2. The molecule has 2 aromatic rings. The number of benzene rings is 1. The van der Waals surface area contributed by atoms with Crippen LogP contribution in [0, 0.1) is 5.92 Å². The summed E-state index contributed by atoms with van der Waals surface area (Å²) in [5.74, 6) is 0.367. The fourth-order valence-corrected chi connectivity index (χ4v) is 5.70. The van der Waals surface area contributed by atoms with Crippen molar-refractivity contribution in [2.24, 2.45) is 5.92 Å². The Balaban J connectivity index is 1.54. The monoisotopic (exact) mass is 576 g/mol. The highest BCUT2D eigenvalue weighted by Crippen LogP contribution is 2.41. The lowest BCUT2D eigenvalue weighted by atomic mass is 9.75. The lowest BCUT2D eigenvalue weighted by molar-refractivity contribution is -0.227. The van der Waals surface area contributed by atoms with Gasteiger partial charge >= 0.3 is 12.1 Å². The van der Waals surface area contributed by atoms with Gasteiger partial charge in [0.25, 0.3) is 0 Å². The Morgan fingerprint density at radius 2 is 1.56 bits per heavy atom. The predicted molar refractivity (Wildman–Crippen MR) is 156 cm³/mol. The van der Waals surface area contributed by atoms with E-state index in [0.717, 1.165) is 43.6 Å². The molecule has 1 aliphatic carbocycles. The van der Waals surface area contributed by atoms with Crippen LogP contribution in [0.1, 0.15) is 122 Å². The van der Waals surface area contributed by atoms with Crippen molar-refractivity contribution in [3.63, 3.8) is 0 Å². The summed E-state index contributed by atoms with van der Waals surface area (Å²) in [5, 5.41) is 8.31. The summed E-state index contributed by atoms with van der Waals surface area (Å²) in [7, 11) is 0. The minimum absolute atomic E-state index is 0.0405. The van der Waals surface area contributed by atoms with Crippen LogP contribution in [0.4, 0.5) is 13.2 Å². The number of rotatable bonds is 17. The molecule has 1 heterocycles. The smallest absolute Gasteiger partial charge is 0.428 e. The van der Waals surface area contributed by atoms with Gasteiger partial charge in [0.2, 0.25) is 12.0 Å². The Morgan fingerprint density at radius 3 is 2.22 bits per heavy atom. The molecular formula is C33H47F3N2O3. The summed E-state index contributed by atoms with van der Waals surface area (Å²) < 4.78 is 50.4. The van der Waals surface area contributed by atoms with Crippen molar-refractivity contribution in [3.05, 3.63) is 42.0 Å². The van der Waals surface area contributed by atoms with Gasteiger partial charge in [-0.25, -0.2) is 0 Å². The van der Waals surface area contributed by atoms with Crippen molar-refractivity contribution < 1.29 is 27.4 Å². The van der Waals surface area contributed by atoms with E-state index in [2.05, 4.69) is 23.2 Å². The first-order valence-electron chi connectivity index (χ1n) is 15.6. The second kappa shape index (κ2) is 17.3.